The number of benzene rings is 3. The Kier molecular flexibility index (Phi) is 6.90. The predicted molar refractivity (Wildman–Crippen MR) is 113 cm³/mol. The molecule has 0 aliphatic carbocycles. The van der Waals surface area contributed by atoms with E-state index in [1.165, 1.54) is 0 Å². The normalized spacial score (nSPS) is 10.4. The van der Waals surface area contributed by atoms with Crippen LogP contribution in [0.15, 0.2) is 66.7 Å². The molecule has 4 nitrogen and oxygen atoms in total. The van der Waals surface area contributed by atoms with E-state index in [1.54, 1.807) is 13.0 Å². The van der Waals surface area contributed by atoms with Gasteiger partial charge in [-0.25, -0.2) is 4.79 Å². The van der Waals surface area contributed by atoms with Crippen molar-refractivity contribution >= 4 is 5.97 Å². The Labute approximate surface area is 172 Å². The van der Waals surface area contributed by atoms with Gasteiger partial charge in [0.25, 0.3) is 0 Å². The lowest BCUT2D eigenvalue weighted by atomic mass is 10.0. The van der Waals surface area contributed by atoms with E-state index in [-0.39, 0.29) is 5.97 Å². The topological polar surface area (TPSA) is 44.8 Å². The minimum atomic E-state index is -0.384. The summed E-state index contributed by atoms with van der Waals surface area (Å²) in [5.74, 6) is 0.784. The minimum Gasteiger partial charge on any atom is -0.488 e. The highest BCUT2D eigenvalue weighted by Crippen LogP contribution is 2.34. The Morgan fingerprint density at radius 3 is 1.79 bits per heavy atom. The smallest absolute Gasteiger partial charge is 0.342 e. The van der Waals surface area contributed by atoms with Gasteiger partial charge in [-0.05, 0) is 43.0 Å². The summed E-state index contributed by atoms with van der Waals surface area (Å²) in [6, 6.07) is 21.6. The first-order valence-electron chi connectivity index (χ1n) is 9.75. The first kappa shape index (κ1) is 20.5. The van der Waals surface area contributed by atoms with Gasteiger partial charge in [0.15, 0.2) is 0 Å². The van der Waals surface area contributed by atoms with Gasteiger partial charge < -0.3 is 14.2 Å². The van der Waals surface area contributed by atoms with Gasteiger partial charge in [0.05, 0.1) is 6.61 Å². The predicted octanol–water partition coefficient (Wildman–Crippen LogP) is 5.64. The van der Waals surface area contributed by atoms with Crippen molar-refractivity contribution in [1.82, 2.24) is 0 Å². The van der Waals surface area contributed by atoms with Gasteiger partial charge in [-0.1, -0.05) is 60.7 Å². The second kappa shape index (κ2) is 9.78. The molecule has 0 saturated carbocycles. The minimum absolute atomic E-state index is 0.307. The van der Waals surface area contributed by atoms with Crippen molar-refractivity contribution in [3.63, 3.8) is 0 Å². The van der Waals surface area contributed by atoms with Crippen LogP contribution in [0.3, 0.4) is 0 Å². The Bertz CT molecular complexity index is 950. The van der Waals surface area contributed by atoms with Crippen molar-refractivity contribution in [3.8, 4) is 11.5 Å². The summed E-state index contributed by atoms with van der Waals surface area (Å²) in [5.41, 5.74) is 4.25. The lowest BCUT2D eigenvalue weighted by Crippen LogP contribution is -2.12. The maximum absolute atomic E-state index is 12.6. The van der Waals surface area contributed by atoms with Crippen molar-refractivity contribution in [2.24, 2.45) is 0 Å². The lowest BCUT2D eigenvalue weighted by molar-refractivity contribution is 0.0520. The number of carbonyl (C=O) groups excluding carboxylic acids is 1. The van der Waals surface area contributed by atoms with Gasteiger partial charge in [0.1, 0.15) is 30.3 Å². The summed E-state index contributed by atoms with van der Waals surface area (Å²) >= 11 is 0. The Morgan fingerprint density at radius 1 is 0.759 bits per heavy atom. The van der Waals surface area contributed by atoms with E-state index in [2.05, 4.69) is 0 Å². The lowest BCUT2D eigenvalue weighted by Gasteiger charge is -2.18. The van der Waals surface area contributed by atoms with Crippen LogP contribution in [-0.4, -0.2) is 12.6 Å². The third-order valence-electron chi connectivity index (χ3n) is 4.77. The maximum atomic E-state index is 12.6. The maximum Gasteiger partial charge on any atom is 0.342 e. The number of esters is 1. The van der Waals surface area contributed by atoms with Gasteiger partial charge >= 0.3 is 5.97 Å². The second-order valence-electron chi connectivity index (χ2n) is 6.77. The van der Waals surface area contributed by atoms with E-state index in [4.69, 9.17) is 14.2 Å². The van der Waals surface area contributed by atoms with E-state index < -0.39 is 0 Å². The number of hydrogen-bond acceptors (Lipinski definition) is 4. The molecule has 3 aromatic rings. The van der Waals surface area contributed by atoms with Gasteiger partial charge in [-0.2, -0.15) is 0 Å². The third-order valence-corrected chi connectivity index (χ3v) is 4.77. The summed E-state index contributed by atoms with van der Waals surface area (Å²) in [4.78, 5) is 12.6. The zero-order valence-corrected chi connectivity index (χ0v) is 17.1. The molecule has 3 rings (SSSR count). The summed E-state index contributed by atoms with van der Waals surface area (Å²) in [7, 11) is 0. The van der Waals surface area contributed by atoms with Gasteiger partial charge in [-0.15, -0.1) is 0 Å². The Hall–Kier alpha value is -3.27. The van der Waals surface area contributed by atoms with E-state index >= 15 is 0 Å². The van der Waals surface area contributed by atoms with Crippen LogP contribution >= 0.6 is 0 Å². The molecule has 0 heterocycles. The molecule has 3 aromatic carbocycles. The second-order valence-corrected chi connectivity index (χ2v) is 6.77. The van der Waals surface area contributed by atoms with Crippen LogP contribution in [0.4, 0.5) is 0 Å². The molecule has 0 bridgehead atoms. The average Bonchev–Trinajstić information content (AvgIpc) is 2.75. The summed E-state index contributed by atoms with van der Waals surface area (Å²) < 4.78 is 17.4. The van der Waals surface area contributed by atoms with Crippen LogP contribution in [0.2, 0.25) is 0 Å². The molecule has 150 valence electrons. The molecule has 0 N–H and O–H groups in total. The molecule has 0 amide bonds. The number of ether oxygens (including phenoxy) is 3. The highest BCUT2D eigenvalue weighted by molar-refractivity contribution is 5.95. The monoisotopic (exact) mass is 390 g/mol. The zero-order chi connectivity index (χ0) is 20.6. The van der Waals surface area contributed by atoms with E-state index in [9.17, 15) is 4.79 Å². The van der Waals surface area contributed by atoms with Crippen LogP contribution in [0.25, 0.3) is 0 Å². The molecular formula is C25H26O4. The highest BCUT2D eigenvalue weighted by atomic mass is 16.5. The molecule has 0 fully saturated rings. The van der Waals surface area contributed by atoms with E-state index in [0.29, 0.717) is 36.9 Å². The summed E-state index contributed by atoms with van der Waals surface area (Å²) in [6.45, 7) is 6.74. The molecule has 0 saturated heterocycles. The van der Waals surface area contributed by atoms with Gasteiger partial charge in [0, 0.05) is 6.07 Å². The van der Waals surface area contributed by atoms with E-state index in [1.807, 2.05) is 74.5 Å². The van der Waals surface area contributed by atoms with Crippen LogP contribution in [0.5, 0.6) is 11.5 Å². The van der Waals surface area contributed by atoms with Crippen molar-refractivity contribution in [2.75, 3.05) is 6.61 Å². The fourth-order valence-electron chi connectivity index (χ4n) is 3.05. The molecule has 0 aliphatic rings. The molecule has 4 heteroatoms. The Morgan fingerprint density at radius 2 is 1.28 bits per heavy atom. The van der Waals surface area contributed by atoms with Crippen LogP contribution < -0.4 is 9.47 Å². The molecule has 29 heavy (non-hydrogen) atoms. The van der Waals surface area contributed by atoms with Crippen molar-refractivity contribution in [2.45, 2.75) is 34.0 Å². The SMILES string of the molecule is CCOC(=O)c1c(OCc2ccccc2)cc(OCc2ccccc2)c(C)c1C. The van der Waals surface area contributed by atoms with Crippen molar-refractivity contribution in [3.05, 3.63) is 94.5 Å². The fourth-order valence-corrected chi connectivity index (χ4v) is 3.05. The van der Waals surface area contributed by atoms with Crippen LogP contribution in [-0.2, 0) is 18.0 Å². The molecule has 0 spiro atoms. The summed E-state index contributed by atoms with van der Waals surface area (Å²) in [6.07, 6.45) is 0. The molecular weight excluding hydrogens is 364 g/mol. The molecule has 0 aliphatic heterocycles. The largest absolute Gasteiger partial charge is 0.488 e. The van der Waals surface area contributed by atoms with Gasteiger partial charge in [-0.3, -0.25) is 0 Å². The molecule has 0 aromatic heterocycles. The molecule has 0 radical (unpaired) electrons. The molecule has 0 unspecified atom stereocenters. The Balaban J connectivity index is 1.90. The van der Waals surface area contributed by atoms with Crippen LogP contribution in [0.1, 0.15) is 39.5 Å². The first-order chi connectivity index (χ1) is 14.1. The number of hydrogen-bond donors (Lipinski definition) is 0. The van der Waals surface area contributed by atoms with Crippen molar-refractivity contribution in [1.29, 1.82) is 0 Å². The summed E-state index contributed by atoms with van der Waals surface area (Å²) in [5, 5.41) is 0. The average molecular weight is 390 g/mol. The fraction of sp³-hybridized carbons (Fsp3) is 0.240. The first-order valence-corrected chi connectivity index (χ1v) is 9.75. The standard InChI is InChI=1S/C25H26O4/c1-4-27-25(26)24-19(3)18(2)22(28-16-20-11-7-5-8-12-20)15-23(24)29-17-21-13-9-6-10-14-21/h5-15H,4,16-17H2,1-3H3. The molecule has 0 atom stereocenters. The quantitative estimate of drug-likeness (QED) is 0.467. The van der Waals surface area contributed by atoms with Crippen LogP contribution in [0, 0.1) is 13.8 Å². The van der Waals surface area contributed by atoms with Crippen molar-refractivity contribution < 1.29 is 19.0 Å². The van der Waals surface area contributed by atoms with Gasteiger partial charge in [0.2, 0.25) is 0 Å². The third kappa shape index (κ3) is 5.17. The highest BCUT2D eigenvalue weighted by Gasteiger charge is 2.22. The zero-order valence-electron chi connectivity index (χ0n) is 17.1. The number of rotatable bonds is 8. The number of carbonyl (C=O) groups is 1. The van der Waals surface area contributed by atoms with E-state index in [0.717, 1.165) is 22.3 Å².